The number of benzene rings is 2. The highest BCUT2D eigenvalue weighted by atomic mass is 16.2. The molecule has 0 aliphatic carbocycles. The summed E-state index contributed by atoms with van der Waals surface area (Å²) in [7, 11) is 0. The van der Waals surface area contributed by atoms with Crippen LogP contribution in [0.2, 0.25) is 0 Å². The van der Waals surface area contributed by atoms with Gasteiger partial charge in [0.15, 0.2) is 0 Å². The molecule has 1 unspecified atom stereocenters. The first-order valence-electron chi connectivity index (χ1n) is 10.1. The third-order valence-electron chi connectivity index (χ3n) is 5.55. The molecule has 1 aromatic heterocycles. The van der Waals surface area contributed by atoms with E-state index in [4.69, 9.17) is 0 Å². The molecule has 0 radical (unpaired) electrons. The lowest BCUT2D eigenvalue weighted by atomic mass is 10.1. The van der Waals surface area contributed by atoms with Crippen molar-refractivity contribution in [1.82, 2.24) is 20.0 Å². The Kier molecular flexibility index (Phi) is 5.71. The van der Waals surface area contributed by atoms with E-state index in [1.54, 1.807) is 6.07 Å². The van der Waals surface area contributed by atoms with Gasteiger partial charge in [0.05, 0.1) is 11.1 Å². The Hall–Kier alpha value is -2.99. The van der Waals surface area contributed by atoms with Crippen LogP contribution in [-0.2, 0) is 17.9 Å². The highest BCUT2D eigenvalue weighted by Crippen LogP contribution is 2.18. The molecular formula is C23H26N4O2. The van der Waals surface area contributed by atoms with Gasteiger partial charge in [0.25, 0.3) is 5.56 Å². The van der Waals surface area contributed by atoms with Crippen LogP contribution in [0.3, 0.4) is 0 Å². The summed E-state index contributed by atoms with van der Waals surface area (Å²) in [5.41, 5.74) is 1.84. The molecule has 0 bridgehead atoms. The lowest BCUT2D eigenvalue weighted by molar-refractivity contribution is -0.122. The Morgan fingerprint density at radius 2 is 1.83 bits per heavy atom. The van der Waals surface area contributed by atoms with Crippen LogP contribution in [0.4, 0.5) is 0 Å². The van der Waals surface area contributed by atoms with Crippen molar-refractivity contribution < 1.29 is 4.79 Å². The van der Waals surface area contributed by atoms with Gasteiger partial charge in [0.2, 0.25) is 5.91 Å². The number of hydrogen-bond donors (Lipinski definition) is 1. The van der Waals surface area contributed by atoms with E-state index in [-0.39, 0.29) is 18.0 Å². The second kappa shape index (κ2) is 8.57. The van der Waals surface area contributed by atoms with Crippen LogP contribution in [0.25, 0.3) is 10.8 Å². The molecule has 2 heterocycles. The Balaban J connectivity index is 1.31. The zero-order chi connectivity index (χ0) is 20.2. The Bertz CT molecular complexity index is 1060. The minimum absolute atomic E-state index is 0.0506. The smallest absolute Gasteiger partial charge is 0.275 e. The fraction of sp³-hybridized carbons (Fsp3) is 0.348. The standard InChI is InChI=1S/C23H26N4O2/c1-17-20-9-5-6-10-21(20)23(29)27(25-17)16-22(28)24-13-19-11-12-26(15-19)14-18-7-3-2-4-8-18/h2-10,19H,11-16H2,1H3,(H,24,28). The third kappa shape index (κ3) is 4.54. The van der Waals surface area contributed by atoms with Crippen LogP contribution < -0.4 is 10.9 Å². The van der Waals surface area contributed by atoms with Gasteiger partial charge in [-0.3, -0.25) is 14.5 Å². The maximum atomic E-state index is 12.6. The van der Waals surface area contributed by atoms with Gasteiger partial charge in [-0.2, -0.15) is 5.10 Å². The molecule has 1 saturated heterocycles. The molecule has 2 aromatic carbocycles. The first kappa shape index (κ1) is 19.3. The summed E-state index contributed by atoms with van der Waals surface area (Å²) in [5.74, 6) is 0.265. The van der Waals surface area contributed by atoms with Crippen molar-refractivity contribution in [2.75, 3.05) is 19.6 Å². The van der Waals surface area contributed by atoms with Crippen molar-refractivity contribution in [1.29, 1.82) is 0 Å². The molecule has 4 rings (SSSR count). The zero-order valence-electron chi connectivity index (χ0n) is 16.7. The van der Waals surface area contributed by atoms with Crippen LogP contribution in [-0.4, -0.2) is 40.2 Å². The number of aryl methyl sites for hydroxylation is 1. The van der Waals surface area contributed by atoms with E-state index in [9.17, 15) is 9.59 Å². The summed E-state index contributed by atoms with van der Waals surface area (Å²) >= 11 is 0. The minimum Gasteiger partial charge on any atom is -0.354 e. The number of rotatable bonds is 6. The van der Waals surface area contributed by atoms with Gasteiger partial charge in [0, 0.05) is 25.0 Å². The number of carbonyl (C=O) groups is 1. The number of hydrogen-bond acceptors (Lipinski definition) is 4. The number of amides is 1. The van der Waals surface area contributed by atoms with Crippen LogP contribution in [0.15, 0.2) is 59.4 Å². The Morgan fingerprint density at radius 1 is 1.10 bits per heavy atom. The van der Waals surface area contributed by atoms with Gasteiger partial charge in [-0.1, -0.05) is 48.5 Å². The van der Waals surface area contributed by atoms with E-state index in [1.165, 1.54) is 10.2 Å². The van der Waals surface area contributed by atoms with E-state index >= 15 is 0 Å². The predicted octanol–water partition coefficient (Wildman–Crippen LogP) is 2.34. The maximum Gasteiger partial charge on any atom is 0.275 e. The van der Waals surface area contributed by atoms with Crippen LogP contribution in [0.1, 0.15) is 17.7 Å². The Morgan fingerprint density at radius 3 is 2.62 bits per heavy atom. The summed E-state index contributed by atoms with van der Waals surface area (Å²) in [6.45, 7) is 5.40. The molecule has 1 aliphatic heterocycles. The summed E-state index contributed by atoms with van der Waals surface area (Å²) in [6, 6.07) is 17.8. The maximum absolute atomic E-state index is 12.6. The summed E-state index contributed by atoms with van der Waals surface area (Å²) in [4.78, 5) is 27.4. The van der Waals surface area contributed by atoms with Gasteiger partial charge in [0.1, 0.15) is 6.54 Å². The molecule has 6 nitrogen and oxygen atoms in total. The van der Waals surface area contributed by atoms with E-state index < -0.39 is 0 Å². The number of nitrogens with one attached hydrogen (secondary N) is 1. The first-order valence-corrected chi connectivity index (χ1v) is 10.1. The van der Waals surface area contributed by atoms with Crippen molar-refractivity contribution in [3.05, 3.63) is 76.2 Å². The van der Waals surface area contributed by atoms with Gasteiger partial charge >= 0.3 is 0 Å². The molecule has 1 amide bonds. The fourth-order valence-corrected chi connectivity index (χ4v) is 4.03. The van der Waals surface area contributed by atoms with Crippen LogP contribution in [0.5, 0.6) is 0 Å². The van der Waals surface area contributed by atoms with Crippen molar-refractivity contribution >= 4 is 16.7 Å². The van der Waals surface area contributed by atoms with Gasteiger partial charge in [-0.25, -0.2) is 4.68 Å². The second-order valence-corrected chi connectivity index (χ2v) is 7.77. The molecule has 1 N–H and O–H groups in total. The van der Waals surface area contributed by atoms with Gasteiger partial charge < -0.3 is 5.32 Å². The molecule has 150 valence electrons. The number of carbonyl (C=O) groups excluding carboxylic acids is 1. The van der Waals surface area contributed by atoms with E-state index in [1.807, 2.05) is 31.2 Å². The highest BCUT2D eigenvalue weighted by molar-refractivity contribution is 5.83. The monoisotopic (exact) mass is 390 g/mol. The lowest BCUT2D eigenvalue weighted by Crippen LogP contribution is -2.36. The van der Waals surface area contributed by atoms with E-state index in [2.05, 4.69) is 39.6 Å². The van der Waals surface area contributed by atoms with Crippen molar-refractivity contribution in [2.24, 2.45) is 5.92 Å². The molecule has 1 aliphatic rings. The lowest BCUT2D eigenvalue weighted by Gasteiger charge is -2.16. The average molecular weight is 390 g/mol. The zero-order valence-corrected chi connectivity index (χ0v) is 16.7. The molecule has 0 spiro atoms. The molecule has 6 heteroatoms. The third-order valence-corrected chi connectivity index (χ3v) is 5.55. The van der Waals surface area contributed by atoms with Gasteiger partial charge in [-0.05, 0) is 37.4 Å². The summed E-state index contributed by atoms with van der Waals surface area (Å²) in [6.07, 6.45) is 1.07. The normalized spacial score (nSPS) is 16.9. The molecular weight excluding hydrogens is 364 g/mol. The fourth-order valence-electron chi connectivity index (χ4n) is 4.03. The number of fused-ring (bicyclic) bond motifs is 1. The van der Waals surface area contributed by atoms with E-state index in [0.717, 1.165) is 37.1 Å². The summed E-state index contributed by atoms with van der Waals surface area (Å²) < 4.78 is 1.27. The minimum atomic E-state index is -0.226. The molecule has 1 fully saturated rings. The summed E-state index contributed by atoms with van der Waals surface area (Å²) in [5, 5.41) is 8.73. The molecule has 29 heavy (non-hydrogen) atoms. The number of nitrogens with zero attached hydrogens (tertiary/aromatic N) is 3. The molecule has 0 saturated carbocycles. The van der Waals surface area contributed by atoms with Crippen LogP contribution in [0, 0.1) is 12.8 Å². The van der Waals surface area contributed by atoms with E-state index in [0.29, 0.717) is 17.8 Å². The molecule has 3 aromatic rings. The second-order valence-electron chi connectivity index (χ2n) is 7.77. The highest BCUT2D eigenvalue weighted by Gasteiger charge is 2.23. The Labute approximate surface area is 170 Å². The largest absolute Gasteiger partial charge is 0.354 e. The predicted molar refractivity (Wildman–Crippen MR) is 114 cm³/mol. The van der Waals surface area contributed by atoms with Crippen molar-refractivity contribution in [3.63, 3.8) is 0 Å². The average Bonchev–Trinajstić information content (AvgIpc) is 3.18. The number of likely N-dealkylation sites (tertiary alicyclic amines) is 1. The SMILES string of the molecule is Cc1nn(CC(=O)NCC2CCN(Cc3ccccc3)C2)c(=O)c2ccccc12. The number of aromatic nitrogens is 2. The first-order chi connectivity index (χ1) is 14.1. The van der Waals surface area contributed by atoms with Crippen LogP contribution >= 0.6 is 0 Å². The quantitative estimate of drug-likeness (QED) is 0.702. The van der Waals surface area contributed by atoms with Gasteiger partial charge in [-0.15, -0.1) is 0 Å². The van der Waals surface area contributed by atoms with Crippen molar-refractivity contribution in [3.8, 4) is 0 Å². The van der Waals surface area contributed by atoms with Crippen molar-refractivity contribution in [2.45, 2.75) is 26.4 Å². The molecule has 1 atom stereocenters. The topological polar surface area (TPSA) is 67.2 Å².